The first-order valence-corrected chi connectivity index (χ1v) is 4.54. The third kappa shape index (κ3) is 5.12. The van der Waals surface area contributed by atoms with Crippen LogP contribution in [0.4, 0.5) is 22.0 Å². The molecule has 0 aliphatic heterocycles. The van der Waals surface area contributed by atoms with Crippen molar-refractivity contribution in [2.75, 3.05) is 19.8 Å². The van der Waals surface area contributed by atoms with E-state index >= 15 is 0 Å². The highest BCUT2D eigenvalue weighted by Crippen LogP contribution is 2.35. The molecule has 0 bridgehead atoms. The molecule has 100 valence electrons. The van der Waals surface area contributed by atoms with Crippen LogP contribution < -0.4 is 5.32 Å². The molecule has 17 heavy (non-hydrogen) atoms. The summed E-state index contributed by atoms with van der Waals surface area (Å²) in [7, 11) is 0. The molecule has 0 radical (unpaired) electrons. The van der Waals surface area contributed by atoms with Crippen molar-refractivity contribution in [2.45, 2.75) is 19.0 Å². The van der Waals surface area contributed by atoms with E-state index in [-0.39, 0.29) is 13.2 Å². The highest BCUT2D eigenvalue weighted by Gasteiger charge is 2.63. The van der Waals surface area contributed by atoms with Crippen LogP contribution >= 0.6 is 0 Å². The van der Waals surface area contributed by atoms with Gasteiger partial charge >= 0.3 is 12.1 Å². The molecule has 0 atom stereocenters. The Morgan fingerprint density at radius 2 is 1.82 bits per heavy atom. The Labute approximate surface area is 94.6 Å². The highest BCUT2D eigenvalue weighted by atomic mass is 19.4. The zero-order chi connectivity index (χ0) is 13.7. The van der Waals surface area contributed by atoms with Crippen molar-refractivity contribution in [3.63, 3.8) is 0 Å². The number of hydrogen-bond donors (Lipinski definition) is 1. The fourth-order valence-electron chi connectivity index (χ4n) is 0.723. The molecule has 0 aliphatic carbocycles. The van der Waals surface area contributed by atoms with Crippen molar-refractivity contribution in [3.05, 3.63) is 12.2 Å². The third-order valence-electron chi connectivity index (χ3n) is 1.52. The lowest BCUT2D eigenvalue weighted by Gasteiger charge is -2.18. The number of halogens is 5. The van der Waals surface area contributed by atoms with Crippen molar-refractivity contribution >= 4 is 5.91 Å². The molecule has 0 rings (SSSR count). The van der Waals surface area contributed by atoms with Crippen molar-refractivity contribution in [3.8, 4) is 0 Å². The molecular formula is C9H12F5NO2. The van der Waals surface area contributed by atoms with Crippen molar-refractivity contribution in [1.29, 1.82) is 0 Å². The molecule has 1 amide bonds. The standard InChI is InChI=1S/C9H12F5NO2/c1-6(2)5-17-4-3-15-7(16)8(10,11)9(12,13)14/h1,3-5H2,2H3,(H,15,16). The van der Waals surface area contributed by atoms with Crippen LogP contribution in [0.1, 0.15) is 6.92 Å². The molecule has 1 N–H and O–H groups in total. The van der Waals surface area contributed by atoms with Gasteiger partial charge in [-0.3, -0.25) is 4.79 Å². The molecule has 0 fully saturated rings. The van der Waals surface area contributed by atoms with Crippen molar-refractivity contribution < 1.29 is 31.5 Å². The first-order valence-electron chi connectivity index (χ1n) is 4.54. The maximum Gasteiger partial charge on any atom is 0.463 e. The second-order valence-corrected chi connectivity index (χ2v) is 3.34. The molecule has 0 saturated carbocycles. The number of rotatable bonds is 6. The lowest BCUT2D eigenvalue weighted by molar-refractivity contribution is -0.269. The number of carbonyl (C=O) groups is 1. The van der Waals surface area contributed by atoms with E-state index in [4.69, 9.17) is 4.74 Å². The first kappa shape index (κ1) is 15.8. The summed E-state index contributed by atoms with van der Waals surface area (Å²) in [5.41, 5.74) is 0.664. The molecule has 0 aromatic carbocycles. The number of carbonyl (C=O) groups excluding carboxylic acids is 1. The summed E-state index contributed by atoms with van der Waals surface area (Å²) in [6, 6.07) is 0. The van der Waals surface area contributed by atoms with Gasteiger partial charge in [0.05, 0.1) is 13.2 Å². The summed E-state index contributed by atoms with van der Waals surface area (Å²) >= 11 is 0. The van der Waals surface area contributed by atoms with E-state index in [0.717, 1.165) is 0 Å². The minimum Gasteiger partial charge on any atom is -0.375 e. The Kier molecular flexibility index (Phi) is 5.53. The normalized spacial score (nSPS) is 12.4. The molecule has 0 unspecified atom stereocenters. The molecular weight excluding hydrogens is 249 g/mol. The summed E-state index contributed by atoms with van der Waals surface area (Å²) in [4.78, 5) is 10.6. The van der Waals surface area contributed by atoms with Crippen LogP contribution in [0.5, 0.6) is 0 Å². The zero-order valence-electron chi connectivity index (χ0n) is 9.03. The van der Waals surface area contributed by atoms with E-state index in [0.29, 0.717) is 5.57 Å². The predicted octanol–water partition coefficient (Wildman–Crippen LogP) is 1.89. The van der Waals surface area contributed by atoms with Crippen LogP contribution in [-0.4, -0.2) is 37.8 Å². The number of hydrogen-bond acceptors (Lipinski definition) is 2. The number of ether oxygens (including phenoxy) is 1. The van der Waals surface area contributed by atoms with E-state index in [1.54, 1.807) is 6.92 Å². The molecule has 0 spiro atoms. The van der Waals surface area contributed by atoms with E-state index in [1.165, 1.54) is 5.32 Å². The quantitative estimate of drug-likeness (QED) is 0.450. The maximum atomic E-state index is 12.4. The van der Waals surface area contributed by atoms with E-state index in [1.807, 2.05) is 0 Å². The Morgan fingerprint density at radius 3 is 2.24 bits per heavy atom. The fourth-order valence-corrected chi connectivity index (χ4v) is 0.723. The zero-order valence-corrected chi connectivity index (χ0v) is 9.03. The second-order valence-electron chi connectivity index (χ2n) is 3.34. The number of amides is 1. The van der Waals surface area contributed by atoms with Crippen LogP contribution in [0, 0.1) is 0 Å². The van der Waals surface area contributed by atoms with Gasteiger partial charge in [0.25, 0.3) is 5.91 Å². The first-order chi connectivity index (χ1) is 7.59. The van der Waals surface area contributed by atoms with Gasteiger partial charge in [0.1, 0.15) is 0 Å². The predicted molar refractivity (Wildman–Crippen MR) is 49.6 cm³/mol. The summed E-state index contributed by atoms with van der Waals surface area (Å²) in [5, 5.41) is 1.44. The minimum absolute atomic E-state index is 0.144. The average Bonchev–Trinajstić information content (AvgIpc) is 2.14. The van der Waals surface area contributed by atoms with Gasteiger partial charge < -0.3 is 10.1 Å². The van der Waals surface area contributed by atoms with Gasteiger partial charge in [-0.1, -0.05) is 12.2 Å². The molecule has 0 heterocycles. The lowest BCUT2D eigenvalue weighted by Crippen LogP contribution is -2.51. The molecule has 0 aromatic rings. The van der Waals surface area contributed by atoms with Gasteiger partial charge in [-0.25, -0.2) is 0 Å². The van der Waals surface area contributed by atoms with Crippen LogP contribution in [0.25, 0.3) is 0 Å². The van der Waals surface area contributed by atoms with Gasteiger partial charge in [-0.05, 0) is 6.92 Å². The molecule has 3 nitrogen and oxygen atoms in total. The third-order valence-corrected chi connectivity index (χ3v) is 1.52. The molecule has 8 heteroatoms. The van der Waals surface area contributed by atoms with E-state index < -0.39 is 24.6 Å². The summed E-state index contributed by atoms with van der Waals surface area (Å²) in [6.45, 7) is 4.67. The Morgan fingerprint density at radius 1 is 1.29 bits per heavy atom. The Balaban J connectivity index is 3.99. The average molecular weight is 261 g/mol. The van der Waals surface area contributed by atoms with Crippen LogP contribution in [0.15, 0.2) is 12.2 Å². The van der Waals surface area contributed by atoms with Gasteiger partial charge in [-0.15, -0.1) is 0 Å². The maximum absolute atomic E-state index is 12.4. The minimum atomic E-state index is -5.89. The lowest BCUT2D eigenvalue weighted by atomic mass is 10.3. The van der Waals surface area contributed by atoms with Crippen LogP contribution in [0.3, 0.4) is 0 Å². The SMILES string of the molecule is C=C(C)COCCNC(=O)C(F)(F)C(F)(F)F. The number of alkyl halides is 5. The number of nitrogens with one attached hydrogen (secondary N) is 1. The van der Waals surface area contributed by atoms with Crippen molar-refractivity contribution in [1.82, 2.24) is 5.32 Å². The van der Waals surface area contributed by atoms with Gasteiger partial charge in [0.2, 0.25) is 0 Å². The van der Waals surface area contributed by atoms with E-state index in [9.17, 15) is 26.7 Å². The monoisotopic (exact) mass is 261 g/mol. The second kappa shape index (κ2) is 5.95. The smallest absolute Gasteiger partial charge is 0.375 e. The van der Waals surface area contributed by atoms with Crippen LogP contribution in [-0.2, 0) is 9.53 Å². The molecule has 0 saturated heterocycles. The van der Waals surface area contributed by atoms with E-state index in [2.05, 4.69) is 6.58 Å². The van der Waals surface area contributed by atoms with Gasteiger partial charge in [0, 0.05) is 6.54 Å². The van der Waals surface area contributed by atoms with Gasteiger partial charge in [0.15, 0.2) is 0 Å². The fraction of sp³-hybridized carbons (Fsp3) is 0.667. The largest absolute Gasteiger partial charge is 0.463 e. The van der Waals surface area contributed by atoms with Gasteiger partial charge in [-0.2, -0.15) is 22.0 Å². The topological polar surface area (TPSA) is 38.3 Å². The highest BCUT2D eigenvalue weighted by molar-refractivity contribution is 5.84. The molecule has 0 aromatic heterocycles. The summed E-state index contributed by atoms with van der Waals surface area (Å²) < 4.78 is 64.7. The Hall–Kier alpha value is -1.18. The summed E-state index contributed by atoms with van der Waals surface area (Å²) in [5.74, 6) is -7.77. The Bertz CT molecular complexity index is 288. The van der Waals surface area contributed by atoms with Crippen molar-refractivity contribution in [2.24, 2.45) is 0 Å². The molecule has 0 aliphatic rings. The van der Waals surface area contributed by atoms with Crippen LogP contribution in [0.2, 0.25) is 0 Å². The summed E-state index contributed by atoms with van der Waals surface area (Å²) in [6.07, 6.45) is -5.89.